The Balaban J connectivity index is 2.30. The molecule has 0 bridgehead atoms. The molecular weight excluding hydrogens is 336 g/mol. The fourth-order valence-corrected chi connectivity index (χ4v) is 2.98. The van der Waals surface area contributed by atoms with Crippen LogP contribution in [-0.2, 0) is 9.53 Å². The van der Waals surface area contributed by atoms with Crippen molar-refractivity contribution in [2.75, 3.05) is 0 Å². The number of carbonyl (C=O) groups is 1. The average Bonchev–Trinajstić information content (AvgIpc) is 2.97. The van der Waals surface area contributed by atoms with Gasteiger partial charge in [0.1, 0.15) is 0 Å². The summed E-state index contributed by atoms with van der Waals surface area (Å²) >= 11 is 0. The first-order valence-corrected chi connectivity index (χ1v) is 9.68. The molecule has 6 heteroatoms. The first-order chi connectivity index (χ1) is 12.4. The number of rotatable bonds is 13. The van der Waals surface area contributed by atoms with Crippen LogP contribution in [-0.4, -0.2) is 56.9 Å². The average molecular weight is 370 g/mol. The molecule has 0 aromatic carbocycles. The molecule has 1 aliphatic heterocycles. The van der Waals surface area contributed by atoms with Crippen molar-refractivity contribution in [3.05, 3.63) is 24.3 Å². The summed E-state index contributed by atoms with van der Waals surface area (Å²) in [6.45, 7) is 2.11. The van der Waals surface area contributed by atoms with E-state index in [-0.39, 0.29) is 12.5 Å². The van der Waals surface area contributed by atoms with Gasteiger partial charge in [-0.05, 0) is 25.7 Å². The topological polar surface area (TPSA) is 107 Å². The Morgan fingerprint density at radius 3 is 2.65 bits per heavy atom. The first-order valence-electron chi connectivity index (χ1n) is 9.68. The van der Waals surface area contributed by atoms with E-state index in [1.807, 2.05) is 12.2 Å². The highest BCUT2D eigenvalue weighted by atomic mass is 16.5. The van der Waals surface area contributed by atoms with Crippen molar-refractivity contribution in [1.82, 2.24) is 0 Å². The van der Waals surface area contributed by atoms with Crippen molar-refractivity contribution in [3.8, 4) is 0 Å². The highest BCUT2D eigenvalue weighted by Gasteiger charge is 2.36. The minimum Gasteiger partial charge on any atom is -0.481 e. The van der Waals surface area contributed by atoms with Gasteiger partial charge in [0, 0.05) is 12.8 Å². The number of carboxylic acids is 1. The maximum absolute atomic E-state index is 10.4. The van der Waals surface area contributed by atoms with Gasteiger partial charge in [0.15, 0.2) is 0 Å². The Hall–Kier alpha value is -1.21. The van der Waals surface area contributed by atoms with Crippen molar-refractivity contribution in [2.45, 2.75) is 95.2 Å². The van der Waals surface area contributed by atoms with Crippen LogP contribution < -0.4 is 0 Å². The predicted octanol–water partition coefficient (Wildman–Crippen LogP) is 2.56. The van der Waals surface area contributed by atoms with Crippen LogP contribution in [0.25, 0.3) is 0 Å². The van der Waals surface area contributed by atoms with E-state index in [4.69, 9.17) is 9.84 Å². The minimum atomic E-state index is -0.852. The Bertz CT molecular complexity index is 448. The van der Waals surface area contributed by atoms with E-state index in [0.717, 1.165) is 19.3 Å². The Morgan fingerprint density at radius 2 is 1.96 bits per heavy atom. The molecule has 1 heterocycles. The van der Waals surface area contributed by atoms with Crippen molar-refractivity contribution in [2.24, 2.45) is 0 Å². The number of carboxylic acid groups (broad SMARTS) is 1. The number of hydrogen-bond acceptors (Lipinski definition) is 5. The van der Waals surface area contributed by atoms with Crippen LogP contribution in [0, 0.1) is 0 Å². The molecule has 0 amide bonds. The molecule has 1 rings (SSSR count). The normalized spacial score (nSPS) is 25.9. The van der Waals surface area contributed by atoms with E-state index in [2.05, 4.69) is 6.92 Å². The Labute approximate surface area is 156 Å². The zero-order chi connectivity index (χ0) is 19.4. The zero-order valence-electron chi connectivity index (χ0n) is 15.7. The van der Waals surface area contributed by atoms with E-state index in [0.29, 0.717) is 32.1 Å². The van der Waals surface area contributed by atoms with Crippen molar-refractivity contribution >= 4 is 5.97 Å². The van der Waals surface area contributed by atoms with Gasteiger partial charge < -0.3 is 25.2 Å². The van der Waals surface area contributed by atoms with Crippen molar-refractivity contribution in [1.29, 1.82) is 0 Å². The van der Waals surface area contributed by atoms with E-state index < -0.39 is 30.4 Å². The summed E-state index contributed by atoms with van der Waals surface area (Å²) in [5, 5.41) is 38.7. The maximum atomic E-state index is 10.4. The molecule has 26 heavy (non-hydrogen) atoms. The Morgan fingerprint density at radius 1 is 1.19 bits per heavy atom. The first kappa shape index (κ1) is 22.8. The van der Waals surface area contributed by atoms with E-state index in [1.165, 1.54) is 0 Å². The van der Waals surface area contributed by atoms with Gasteiger partial charge in [-0.25, -0.2) is 0 Å². The lowest BCUT2D eigenvalue weighted by Gasteiger charge is -2.16. The van der Waals surface area contributed by atoms with Crippen LogP contribution in [0.2, 0.25) is 0 Å². The number of aliphatic hydroxyl groups excluding tert-OH is 3. The molecule has 1 fully saturated rings. The second-order valence-corrected chi connectivity index (χ2v) is 6.95. The molecule has 0 aromatic heterocycles. The van der Waals surface area contributed by atoms with Gasteiger partial charge in [-0.2, -0.15) is 0 Å². The molecule has 150 valence electrons. The quantitative estimate of drug-likeness (QED) is 0.293. The monoisotopic (exact) mass is 370 g/mol. The Kier molecular flexibility index (Phi) is 11.4. The third-order valence-corrected chi connectivity index (χ3v) is 4.56. The number of allylic oxidation sites excluding steroid dienone is 1. The number of unbranched alkanes of at least 4 members (excludes halogenated alkanes) is 3. The number of aliphatic hydroxyl groups is 3. The van der Waals surface area contributed by atoms with Crippen LogP contribution in [0.3, 0.4) is 0 Å². The van der Waals surface area contributed by atoms with Gasteiger partial charge in [0.2, 0.25) is 0 Å². The summed E-state index contributed by atoms with van der Waals surface area (Å²) in [4.78, 5) is 10.4. The maximum Gasteiger partial charge on any atom is 0.303 e. The fraction of sp³-hybridized carbons (Fsp3) is 0.750. The molecular formula is C20H34O6. The van der Waals surface area contributed by atoms with Crippen LogP contribution in [0.1, 0.15) is 64.7 Å². The third kappa shape index (κ3) is 9.48. The van der Waals surface area contributed by atoms with Gasteiger partial charge in [-0.1, -0.05) is 50.5 Å². The highest BCUT2D eigenvalue weighted by molar-refractivity contribution is 5.66. The molecule has 0 unspecified atom stereocenters. The zero-order valence-corrected chi connectivity index (χ0v) is 15.7. The summed E-state index contributed by atoms with van der Waals surface area (Å²) in [5.41, 5.74) is 0. The molecule has 0 aliphatic carbocycles. The largest absolute Gasteiger partial charge is 0.481 e. The van der Waals surface area contributed by atoms with E-state index in [9.17, 15) is 20.1 Å². The molecule has 0 spiro atoms. The number of ether oxygens (including phenoxy) is 1. The SMILES string of the molecule is CCCCC[C@H](O)/C=C/[C@H](O)[C@H]1C[C@@H](O)[C@H](C/C=C\CCCC(=O)O)O1. The van der Waals surface area contributed by atoms with Crippen LogP contribution in [0.5, 0.6) is 0 Å². The molecule has 0 radical (unpaired) electrons. The molecule has 1 aliphatic rings. The number of aliphatic carboxylic acids is 1. The molecule has 0 saturated carbocycles. The fourth-order valence-electron chi connectivity index (χ4n) is 2.98. The van der Waals surface area contributed by atoms with Gasteiger partial charge in [0.25, 0.3) is 0 Å². The minimum absolute atomic E-state index is 0.151. The molecule has 1 saturated heterocycles. The summed E-state index contributed by atoms with van der Waals surface area (Å²) in [7, 11) is 0. The lowest BCUT2D eigenvalue weighted by atomic mass is 10.0. The van der Waals surface area contributed by atoms with Gasteiger partial charge >= 0.3 is 5.97 Å². The van der Waals surface area contributed by atoms with E-state index >= 15 is 0 Å². The third-order valence-electron chi connectivity index (χ3n) is 4.56. The summed E-state index contributed by atoms with van der Waals surface area (Å²) in [6, 6.07) is 0. The summed E-state index contributed by atoms with van der Waals surface area (Å²) in [6.07, 6.45) is 10.2. The molecule has 5 atom stereocenters. The smallest absolute Gasteiger partial charge is 0.303 e. The van der Waals surface area contributed by atoms with Gasteiger partial charge in [-0.3, -0.25) is 4.79 Å². The standard InChI is InChI=1S/C20H34O6/c1-2-3-6-9-15(21)12-13-16(22)19-14-17(23)18(26-19)10-7-4-5-8-11-20(24)25/h4,7,12-13,15-19,21-23H,2-3,5-6,8-11,14H2,1H3,(H,24,25)/b7-4-,13-12+/t15-,16-,17+,18-,19+/m0/s1. The van der Waals surface area contributed by atoms with Gasteiger partial charge in [-0.15, -0.1) is 0 Å². The van der Waals surface area contributed by atoms with Crippen LogP contribution in [0.4, 0.5) is 0 Å². The summed E-state index contributed by atoms with van der Waals surface area (Å²) in [5.74, 6) is -0.798. The van der Waals surface area contributed by atoms with Crippen molar-refractivity contribution in [3.63, 3.8) is 0 Å². The second-order valence-electron chi connectivity index (χ2n) is 6.95. The molecule has 0 aromatic rings. The van der Waals surface area contributed by atoms with Crippen LogP contribution in [0.15, 0.2) is 24.3 Å². The number of hydrogen-bond donors (Lipinski definition) is 4. The second kappa shape index (κ2) is 13.0. The molecule has 6 nitrogen and oxygen atoms in total. The van der Waals surface area contributed by atoms with Crippen molar-refractivity contribution < 1.29 is 30.0 Å². The molecule has 4 N–H and O–H groups in total. The lowest BCUT2D eigenvalue weighted by Crippen LogP contribution is -2.24. The van der Waals surface area contributed by atoms with E-state index in [1.54, 1.807) is 12.2 Å². The summed E-state index contributed by atoms with van der Waals surface area (Å²) < 4.78 is 5.73. The highest BCUT2D eigenvalue weighted by Crippen LogP contribution is 2.26. The predicted molar refractivity (Wildman–Crippen MR) is 99.8 cm³/mol. The van der Waals surface area contributed by atoms with Gasteiger partial charge in [0.05, 0.1) is 30.5 Å². The van der Waals surface area contributed by atoms with Crippen LogP contribution >= 0.6 is 0 Å². The lowest BCUT2D eigenvalue weighted by molar-refractivity contribution is -0.137.